The van der Waals surface area contributed by atoms with Crippen LogP contribution in [-0.4, -0.2) is 57.9 Å². The molecule has 24 heavy (non-hydrogen) atoms. The van der Waals surface area contributed by atoms with Gasteiger partial charge in [-0.25, -0.2) is 4.39 Å². The molecule has 0 saturated carbocycles. The monoisotopic (exact) mass is 332 g/mol. The summed E-state index contributed by atoms with van der Waals surface area (Å²) in [5.41, 5.74) is -1.23. The molecule has 4 rings (SSSR count). The standard InChI is InChI=1S/C16H17FN4O3/c1-15(8-21(9-15)14(22)16(23)6-18-7-16)13-20-19-12(24-13)10-3-2-4-11(17)5-10/h2-5,18,23H,6-9H2,1H3. The Balaban J connectivity index is 1.48. The van der Waals surface area contributed by atoms with E-state index in [1.165, 1.54) is 12.1 Å². The second kappa shape index (κ2) is 5.09. The van der Waals surface area contributed by atoms with Crippen LogP contribution in [0.5, 0.6) is 0 Å². The van der Waals surface area contributed by atoms with Crippen molar-refractivity contribution in [1.82, 2.24) is 20.4 Å². The van der Waals surface area contributed by atoms with Gasteiger partial charge in [-0.15, -0.1) is 10.2 Å². The minimum Gasteiger partial charge on any atom is -0.420 e. The molecule has 2 aromatic rings. The fourth-order valence-electron chi connectivity index (χ4n) is 3.09. The van der Waals surface area contributed by atoms with Crippen molar-refractivity contribution in [2.45, 2.75) is 17.9 Å². The first kappa shape index (κ1) is 15.2. The number of likely N-dealkylation sites (tertiary alicyclic amines) is 1. The molecule has 2 N–H and O–H groups in total. The summed E-state index contributed by atoms with van der Waals surface area (Å²) in [7, 11) is 0. The normalized spacial score (nSPS) is 21.0. The maximum Gasteiger partial charge on any atom is 0.257 e. The number of carbonyl (C=O) groups excluding carboxylic acids is 1. The lowest BCUT2D eigenvalue weighted by molar-refractivity contribution is -0.164. The van der Waals surface area contributed by atoms with E-state index in [2.05, 4.69) is 15.5 Å². The number of halogens is 1. The van der Waals surface area contributed by atoms with Gasteiger partial charge in [-0.05, 0) is 25.1 Å². The SMILES string of the molecule is CC1(c2nnc(-c3cccc(F)c3)o2)CN(C(=O)C2(O)CNC2)C1. The van der Waals surface area contributed by atoms with E-state index in [0.29, 0.717) is 24.5 Å². The van der Waals surface area contributed by atoms with Crippen LogP contribution in [0.25, 0.3) is 11.5 Å². The van der Waals surface area contributed by atoms with Crippen molar-refractivity contribution in [2.75, 3.05) is 26.2 Å². The number of hydrogen-bond acceptors (Lipinski definition) is 6. The molecule has 0 radical (unpaired) electrons. The predicted octanol–water partition coefficient (Wildman–Crippen LogP) is 0.310. The number of hydrogen-bond donors (Lipinski definition) is 2. The third-order valence-corrected chi connectivity index (χ3v) is 4.61. The van der Waals surface area contributed by atoms with Gasteiger partial charge >= 0.3 is 0 Å². The van der Waals surface area contributed by atoms with Gasteiger partial charge in [0.05, 0.1) is 5.41 Å². The Morgan fingerprint density at radius 2 is 2.12 bits per heavy atom. The summed E-state index contributed by atoms with van der Waals surface area (Å²) in [6, 6.07) is 5.94. The minimum atomic E-state index is -1.29. The van der Waals surface area contributed by atoms with Crippen LogP contribution < -0.4 is 5.32 Å². The van der Waals surface area contributed by atoms with E-state index in [9.17, 15) is 14.3 Å². The highest BCUT2D eigenvalue weighted by atomic mass is 19.1. The molecule has 1 amide bonds. The molecule has 7 nitrogen and oxygen atoms in total. The van der Waals surface area contributed by atoms with Gasteiger partial charge in [0.15, 0.2) is 5.60 Å². The number of nitrogens with zero attached hydrogens (tertiary/aromatic N) is 3. The van der Waals surface area contributed by atoms with Gasteiger partial charge in [0.25, 0.3) is 5.91 Å². The van der Waals surface area contributed by atoms with Gasteiger partial charge in [-0.2, -0.15) is 0 Å². The number of nitrogens with one attached hydrogen (secondary N) is 1. The molecule has 1 aromatic carbocycles. The minimum absolute atomic E-state index is 0.248. The third kappa shape index (κ3) is 2.30. The van der Waals surface area contributed by atoms with Gasteiger partial charge in [0.2, 0.25) is 11.8 Å². The Morgan fingerprint density at radius 1 is 1.38 bits per heavy atom. The van der Waals surface area contributed by atoms with Gasteiger partial charge in [-0.3, -0.25) is 4.79 Å². The highest BCUT2D eigenvalue weighted by Crippen LogP contribution is 2.36. The van der Waals surface area contributed by atoms with Crippen molar-refractivity contribution < 1.29 is 18.7 Å². The average molecular weight is 332 g/mol. The fourth-order valence-corrected chi connectivity index (χ4v) is 3.09. The molecule has 3 heterocycles. The Kier molecular flexibility index (Phi) is 3.23. The lowest BCUT2D eigenvalue weighted by atomic mass is 9.80. The van der Waals surface area contributed by atoms with Crippen molar-refractivity contribution in [3.63, 3.8) is 0 Å². The first-order valence-corrected chi connectivity index (χ1v) is 7.72. The molecule has 0 bridgehead atoms. The van der Waals surface area contributed by atoms with Crippen molar-refractivity contribution in [3.8, 4) is 11.5 Å². The Hall–Kier alpha value is -2.32. The van der Waals surface area contributed by atoms with Gasteiger partial charge < -0.3 is 19.7 Å². The van der Waals surface area contributed by atoms with E-state index >= 15 is 0 Å². The summed E-state index contributed by atoms with van der Waals surface area (Å²) in [6.07, 6.45) is 0. The number of β-amino-alcohol motifs (C(OH)–C–C–N with tert-alkyl or cyclic N) is 1. The highest BCUT2D eigenvalue weighted by Gasteiger charge is 2.53. The number of aromatic nitrogens is 2. The molecule has 1 aromatic heterocycles. The quantitative estimate of drug-likeness (QED) is 0.841. The summed E-state index contributed by atoms with van der Waals surface area (Å²) in [4.78, 5) is 13.8. The summed E-state index contributed by atoms with van der Waals surface area (Å²) < 4.78 is 19.0. The molecular weight excluding hydrogens is 315 g/mol. The van der Waals surface area contributed by atoms with Crippen LogP contribution in [0.2, 0.25) is 0 Å². The number of aliphatic hydroxyl groups is 1. The Labute approximate surface area is 137 Å². The summed E-state index contributed by atoms with van der Waals surface area (Å²) in [5, 5.41) is 21.0. The molecule has 126 valence electrons. The predicted molar refractivity (Wildman–Crippen MR) is 81.4 cm³/mol. The fraction of sp³-hybridized carbons (Fsp3) is 0.438. The molecule has 0 atom stereocenters. The number of carbonyl (C=O) groups is 1. The van der Waals surface area contributed by atoms with Crippen LogP contribution in [0.4, 0.5) is 4.39 Å². The zero-order valence-electron chi connectivity index (χ0n) is 13.1. The first-order valence-electron chi connectivity index (χ1n) is 7.72. The molecule has 2 saturated heterocycles. The van der Waals surface area contributed by atoms with Crippen molar-refractivity contribution in [3.05, 3.63) is 36.0 Å². The van der Waals surface area contributed by atoms with E-state index in [0.717, 1.165) is 0 Å². The number of benzene rings is 1. The van der Waals surface area contributed by atoms with Crippen molar-refractivity contribution >= 4 is 5.91 Å². The molecule has 2 aliphatic heterocycles. The lowest BCUT2D eigenvalue weighted by Crippen LogP contribution is -2.72. The zero-order chi connectivity index (χ0) is 16.9. The van der Waals surface area contributed by atoms with E-state index in [4.69, 9.17) is 4.42 Å². The van der Waals surface area contributed by atoms with Crippen molar-refractivity contribution in [2.24, 2.45) is 0 Å². The van der Waals surface area contributed by atoms with Crippen LogP contribution in [-0.2, 0) is 10.2 Å². The van der Waals surface area contributed by atoms with Crippen LogP contribution >= 0.6 is 0 Å². The summed E-state index contributed by atoms with van der Waals surface area (Å²) >= 11 is 0. The molecule has 0 spiro atoms. The second-order valence-corrected chi connectivity index (χ2v) is 6.78. The van der Waals surface area contributed by atoms with Crippen molar-refractivity contribution in [1.29, 1.82) is 0 Å². The van der Waals surface area contributed by atoms with Crippen LogP contribution in [0.3, 0.4) is 0 Å². The lowest BCUT2D eigenvalue weighted by Gasteiger charge is -2.50. The Bertz CT molecular complexity index is 796. The van der Waals surface area contributed by atoms with E-state index in [-0.39, 0.29) is 30.7 Å². The van der Waals surface area contributed by atoms with Gasteiger partial charge in [0.1, 0.15) is 5.82 Å². The van der Waals surface area contributed by atoms with Crippen LogP contribution in [0.15, 0.2) is 28.7 Å². The average Bonchev–Trinajstić information content (AvgIpc) is 2.99. The molecule has 0 aliphatic carbocycles. The third-order valence-electron chi connectivity index (χ3n) is 4.61. The molecule has 8 heteroatoms. The molecule has 2 fully saturated rings. The maximum atomic E-state index is 13.3. The topological polar surface area (TPSA) is 91.5 Å². The van der Waals surface area contributed by atoms with Crippen LogP contribution in [0, 0.1) is 5.82 Å². The molecule has 2 aliphatic rings. The van der Waals surface area contributed by atoms with Crippen LogP contribution in [0.1, 0.15) is 12.8 Å². The summed E-state index contributed by atoms with van der Waals surface area (Å²) in [6.45, 7) is 3.28. The first-order chi connectivity index (χ1) is 11.4. The largest absolute Gasteiger partial charge is 0.420 e. The second-order valence-electron chi connectivity index (χ2n) is 6.78. The Morgan fingerprint density at radius 3 is 2.75 bits per heavy atom. The maximum absolute atomic E-state index is 13.3. The van der Waals surface area contributed by atoms with Gasteiger partial charge in [0, 0.05) is 31.7 Å². The number of rotatable bonds is 3. The van der Waals surface area contributed by atoms with E-state index < -0.39 is 11.0 Å². The smallest absolute Gasteiger partial charge is 0.257 e. The molecule has 0 unspecified atom stereocenters. The van der Waals surface area contributed by atoms with E-state index in [1.54, 1.807) is 17.0 Å². The highest BCUT2D eigenvalue weighted by molar-refractivity contribution is 5.87. The van der Waals surface area contributed by atoms with E-state index in [1.807, 2.05) is 6.92 Å². The molecular formula is C16H17FN4O3. The number of amides is 1. The van der Waals surface area contributed by atoms with Gasteiger partial charge in [-0.1, -0.05) is 6.07 Å². The summed E-state index contributed by atoms with van der Waals surface area (Å²) in [5.74, 6) is 0.00619. The zero-order valence-corrected chi connectivity index (χ0v) is 13.1.